The minimum Gasteiger partial charge on any atom is -0.490 e. The number of aromatic nitrogens is 2. The number of halogens is 6. The van der Waals surface area contributed by atoms with Crippen LogP contribution in [0.4, 0.5) is 38.0 Å². The zero-order valence-electron chi connectivity index (χ0n) is 28.4. The Balaban J connectivity index is 1.14. The number of alkyl halides is 6. The molecular formula is C36H43F6N5O4. The summed E-state index contributed by atoms with van der Waals surface area (Å²) in [5.41, 5.74) is -2.39. The Morgan fingerprint density at radius 1 is 1.04 bits per heavy atom. The molecule has 2 aliphatic heterocycles. The second-order valence-corrected chi connectivity index (χ2v) is 15.4. The van der Waals surface area contributed by atoms with Crippen LogP contribution < -0.4 is 15.0 Å². The molecule has 5 atom stereocenters. The number of carboxylic acids is 1. The van der Waals surface area contributed by atoms with E-state index < -0.39 is 47.6 Å². The molecule has 3 aliphatic carbocycles. The number of fused-ring (bicyclic) bond motifs is 3. The van der Waals surface area contributed by atoms with E-state index in [4.69, 9.17) is 4.74 Å². The monoisotopic (exact) mass is 723 g/mol. The molecule has 5 aliphatic rings. The topological polar surface area (TPSA) is 108 Å². The zero-order valence-corrected chi connectivity index (χ0v) is 28.4. The van der Waals surface area contributed by atoms with Crippen molar-refractivity contribution in [2.75, 3.05) is 31.1 Å². The molecule has 1 aromatic heterocycles. The average Bonchev–Trinajstić information content (AvgIpc) is 3.77. The van der Waals surface area contributed by atoms with Gasteiger partial charge in [-0.3, -0.25) is 9.69 Å². The Labute approximate surface area is 292 Å². The van der Waals surface area contributed by atoms with Gasteiger partial charge in [0.05, 0.1) is 12.1 Å². The molecule has 1 saturated heterocycles. The number of rotatable bonds is 8. The molecule has 5 unspecified atom stereocenters. The van der Waals surface area contributed by atoms with E-state index in [1.807, 2.05) is 13.0 Å². The van der Waals surface area contributed by atoms with Gasteiger partial charge in [0.1, 0.15) is 17.4 Å². The number of likely N-dealkylation sites (tertiary alicyclic amines) is 1. The summed E-state index contributed by atoms with van der Waals surface area (Å²) in [7, 11) is 0. The van der Waals surface area contributed by atoms with E-state index in [0.29, 0.717) is 43.7 Å². The number of piperidine rings is 1. The average molecular weight is 724 g/mol. The number of benzene rings is 1. The lowest BCUT2D eigenvalue weighted by molar-refractivity contribution is -0.149. The van der Waals surface area contributed by atoms with Crippen molar-refractivity contribution in [1.29, 1.82) is 0 Å². The number of nitrogens with zero attached hydrogens (tertiary/aromatic N) is 4. The van der Waals surface area contributed by atoms with E-state index in [1.165, 1.54) is 4.90 Å². The molecule has 2 bridgehead atoms. The highest BCUT2D eigenvalue weighted by Crippen LogP contribution is 2.52. The van der Waals surface area contributed by atoms with Crippen molar-refractivity contribution >= 4 is 23.5 Å². The molecular weight excluding hydrogens is 680 g/mol. The van der Waals surface area contributed by atoms with Crippen molar-refractivity contribution in [2.45, 2.75) is 101 Å². The molecule has 3 heterocycles. The Morgan fingerprint density at radius 3 is 2.43 bits per heavy atom. The first-order chi connectivity index (χ1) is 24.1. The van der Waals surface area contributed by atoms with Crippen LogP contribution in [0.1, 0.15) is 98.7 Å². The SMILES string of the molecule is CC1CC2CC(C1)C(NC(=O)c1cnc(N3CC(C4CCCC4)c4cc(OC5CCN(CC(F)(F)F)CC5)ccc43)nc1C(F)(F)F)(C(=O)O)C2. The first kappa shape index (κ1) is 35.8. The van der Waals surface area contributed by atoms with Crippen molar-refractivity contribution < 1.29 is 45.8 Å². The summed E-state index contributed by atoms with van der Waals surface area (Å²) in [5, 5.41) is 12.8. The minimum absolute atomic E-state index is 0.0415. The van der Waals surface area contributed by atoms with Crippen LogP contribution in [-0.4, -0.2) is 75.8 Å². The summed E-state index contributed by atoms with van der Waals surface area (Å²) in [6.45, 7) is 1.91. The molecule has 0 radical (unpaired) electrons. The van der Waals surface area contributed by atoms with Crippen LogP contribution >= 0.6 is 0 Å². The maximum absolute atomic E-state index is 14.6. The number of hydrogen-bond acceptors (Lipinski definition) is 7. The molecule has 0 spiro atoms. The summed E-state index contributed by atoms with van der Waals surface area (Å²) in [5.74, 6) is -1.89. The molecule has 1 aromatic carbocycles. The summed E-state index contributed by atoms with van der Waals surface area (Å²) < 4.78 is 88.7. The fourth-order valence-electron chi connectivity index (χ4n) is 9.69. The van der Waals surface area contributed by atoms with Crippen LogP contribution in [0.15, 0.2) is 24.4 Å². The third-order valence-corrected chi connectivity index (χ3v) is 11.9. The highest BCUT2D eigenvalue weighted by atomic mass is 19.4. The van der Waals surface area contributed by atoms with E-state index in [9.17, 15) is 41.0 Å². The van der Waals surface area contributed by atoms with Gasteiger partial charge < -0.3 is 20.1 Å². The molecule has 3 saturated carbocycles. The largest absolute Gasteiger partial charge is 0.490 e. The van der Waals surface area contributed by atoms with E-state index in [1.54, 1.807) is 17.0 Å². The van der Waals surface area contributed by atoms with Gasteiger partial charge in [0, 0.05) is 37.4 Å². The standard InChI is InChI=1S/C36H43F6N5O4/c1-20-12-21-14-23(13-20)34(16-21,32(49)50)45-31(48)27-17-43-33(44-30(27)36(40,41)42)47-18-28(22-4-2-3-5-22)26-15-25(6-7-29(26)47)51-24-8-10-46(11-9-24)19-35(37,38)39/h6-7,15,17,20-24,28H,2-5,8-14,16,18-19H2,1H3,(H,45,48)(H,49,50). The van der Waals surface area contributed by atoms with Crippen molar-refractivity contribution in [3.63, 3.8) is 0 Å². The maximum atomic E-state index is 14.6. The third-order valence-electron chi connectivity index (χ3n) is 11.9. The summed E-state index contributed by atoms with van der Waals surface area (Å²) in [6, 6.07) is 5.35. The lowest BCUT2D eigenvalue weighted by Crippen LogP contribution is -2.57. The number of amides is 1. The van der Waals surface area contributed by atoms with Gasteiger partial charge in [-0.05, 0) is 98.8 Å². The fourth-order valence-corrected chi connectivity index (χ4v) is 9.69. The second-order valence-electron chi connectivity index (χ2n) is 15.4. The van der Waals surface area contributed by atoms with Crippen molar-refractivity contribution in [3.8, 4) is 5.75 Å². The van der Waals surface area contributed by atoms with Crippen LogP contribution in [0, 0.1) is 23.7 Å². The van der Waals surface area contributed by atoms with Gasteiger partial charge in [-0.25, -0.2) is 14.8 Å². The van der Waals surface area contributed by atoms with E-state index in [2.05, 4.69) is 15.3 Å². The van der Waals surface area contributed by atoms with Gasteiger partial charge in [0.2, 0.25) is 5.95 Å². The summed E-state index contributed by atoms with van der Waals surface area (Å²) in [4.78, 5) is 37.3. The number of anilines is 2. The van der Waals surface area contributed by atoms with Crippen LogP contribution in [0.2, 0.25) is 0 Å². The van der Waals surface area contributed by atoms with Gasteiger partial charge >= 0.3 is 18.3 Å². The van der Waals surface area contributed by atoms with Crippen LogP contribution in [0.5, 0.6) is 5.75 Å². The molecule has 7 rings (SSSR count). The molecule has 9 nitrogen and oxygen atoms in total. The molecule has 278 valence electrons. The van der Waals surface area contributed by atoms with Gasteiger partial charge in [0.15, 0.2) is 5.69 Å². The van der Waals surface area contributed by atoms with E-state index in [0.717, 1.165) is 43.9 Å². The molecule has 4 fully saturated rings. The number of nitrogens with one attached hydrogen (secondary N) is 1. The number of carbonyl (C=O) groups is 2. The highest BCUT2D eigenvalue weighted by molar-refractivity contribution is 5.99. The first-order valence-electron chi connectivity index (χ1n) is 18.0. The van der Waals surface area contributed by atoms with Gasteiger partial charge in [-0.1, -0.05) is 19.8 Å². The Kier molecular flexibility index (Phi) is 9.41. The summed E-state index contributed by atoms with van der Waals surface area (Å²) >= 11 is 0. The van der Waals surface area contributed by atoms with Gasteiger partial charge in [0.25, 0.3) is 5.91 Å². The first-order valence-corrected chi connectivity index (χ1v) is 18.0. The van der Waals surface area contributed by atoms with Gasteiger partial charge in [-0.2, -0.15) is 26.3 Å². The third kappa shape index (κ3) is 7.23. The Bertz CT molecular complexity index is 1640. The van der Waals surface area contributed by atoms with Crippen molar-refractivity contribution in [3.05, 3.63) is 41.2 Å². The van der Waals surface area contributed by atoms with Crippen LogP contribution in [-0.2, 0) is 11.0 Å². The number of aliphatic carboxylic acids is 1. The van der Waals surface area contributed by atoms with Crippen molar-refractivity contribution in [1.82, 2.24) is 20.2 Å². The number of carbonyl (C=O) groups excluding carboxylic acids is 1. The minimum atomic E-state index is -5.03. The highest BCUT2D eigenvalue weighted by Gasteiger charge is 2.56. The lowest BCUT2D eigenvalue weighted by atomic mass is 9.78. The predicted octanol–water partition coefficient (Wildman–Crippen LogP) is 7.34. The molecule has 2 aromatic rings. The van der Waals surface area contributed by atoms with Gasteiger partial charge in [-0.15, -0.1) is 0 Å². The number of carboxylic acid groups (broad SMARTS) is 1. The smallest absolute Gasteiger partial charge is 0.434 e. The quantitative estimate of drug-likeness (QED) is 0.273. The molecule has 51 heavy (non-hydrogen) atoms. The molecule has 15 heteroatoms. The Hall–Kier alpha value is -3.62. The van der Waals surface area contributed by atoms with E-state index in [-0.39, 0.29) is 61.2 Å². The fraction of sp³-hybridized carbons (Fsp3) is 0.667. The molecule has 1 amide bonds. The Morgan fingerprint density at radius 2 is 1.76 bits per heavy atom. The lowest BCUT2D eigenvalue weighted by Gasteiger charge is -2.33. The predicted molar refractivity (Wildman–Crippen MR) is 174 cm³/mol. The van der Waals surface area contributed by atoms with E-state index >= 15 is 0 Å². The normalized spacial score (nSPS) is 29.0. The van der Waals surface area contributed by atoms with Crippen LogP contribution in [0.25, 0.3) is 0 Å². The summed E-state index contributed by atoms with van der Waals surface area (Å²) in [6.07, 6.45) is -1.68. The van der Waals surface area contributed by atoms with Crippen LogP contribution in [0.3, 0.4) is 0 Å². The number of ether oxygens (including phenoxy) is 1. The van der Waals surface area contributed by atoms with Crippen molar-refractivity contribution in [2.24, 2.45) is 23.7 Å². The second kappa shape index (κ2) is 13.4. The maximum Gasteiger partial charge on any atom is 0.434 e. The number of hydrogen-bond donors (Lipinski definition) is 2. The molecule has 2 N–H and O–H groups in total. The zero-order chi connectivity index (χ0) is 36.3.